The summed E-state index contributed by atoms with van der Waals surface area (Å²) >= 11 is 1.49. The normalized spacial score (nSPS) is 16.0. The van der Waals surface area contributed by atoms with Crippen LogP contribution in [0.2, 0.25) is 0 Å². The van der Waals surface area contributed by atoms with Gasteiger partial charge in [0.2, 0.25) is 11.6 Å². The molecule has 14 nitrogen and oxygen atoms in total. The van der Waals surface area contributed by atoms with Crippen LogP contribution in [-0.2, 0) is 32.3 Å². The number of unbranched alkanes of at least 4 members (excludes halogenated alkanes) is 8. The Morgan fingerprint density at radius 2 is 1.53 bits per heavy atom. The topological polar surface area (TPSA) is 208 Å². The number of nitrogen functional groups attached to an aromatic ring is 1. The van der Waals surface area contributed by atoms with Gasteiger partial charge in [0.1, 0.15) is 6.54 Å². The van der Waals surface area contributed by atoms with Gasteiger partial charge in [0.15, 0.2) is 16.6 Å². The lowest BCUT2D eigenvalue weighted by atomic mass is 9.84. The zero-order valence-corrected chi connectivity index (χ0v) is 42.6. The van der Waals surface area contributed by atoms with Gasteiger partial charge in [-0.05, 0) is 82.1 Å². The van der Waals surface area contributed by atoms with Crippen LogP contribution >= 0.6 is 11.3 Å². The van der Waals surface area contributed by atoms with Crippen LogP contribution < -0.4 is 32.3 Å². The molecular formula is C52H76N9O5S2+. The predicted octanol–water partition coefficient (Wildman–Crippen LogP) is 8.81. The Morgan fingerprint density at radius 1 is 0.853 bits per heavy atom. The van der Waals surface area contributed by atoms with Crippen LogP contribution in [0.1, 0.15) is 138 Å². The fraction of sp³-hybridized carbons (Fsp3) is 0.519. The number of aryl methyl sites for hydroxylation is 2. The van der Waals surface area contributed by atoms with Gasteiger partial charge in [-0.25, -0.2) is 14.4 Å². The molecule has 8 N–H and O–H groups in total. The molecule has 2 aliphatic rings. The number of guanidine groups is 1. The molecule has 0 unspecified atom stereocenters. The van der Waals surface area contributed by atoms with Crippen LogP contribution in [0.25, 0.3) is 0 Å². The first kappa shape index (κ1) is 53.6. The highest BCUT2D eigenvalue weighted by Crippen LogP contribution is 2.47. The van der Waals surface area contributed by atoms with Crippen molar-refractivity contribution in [2.45, 2.75) is 135 Å². The molecule has 2 aromatic carbocycles. The standard InChI is InChI=1S/C52H75N9O5S2/c1-39-45(67-49(54)58-39)30-24-35-56-48(53)59-50(63)57-34-20-9-7-6-8-19-33-55-47(62)32-14-11-21-37-61-43(40-25-15-16-26-41(40)52(61,4)5)28-12-10-13-31-46-51(2,3)42-27-17-18-29-44(42)60(46)36-22-23-38-68(64,65)66/h10,12-13,15-18,25-29,31H,6-9,11,14,19-24,30,32-38H2,1-5H3,(H7-,53,54,55,56,57,58,59,62,63,64,65,66)/p+1. The Morgan fingerprint density at radius 3 is 2.25 bits per heavy atom. The van der Waals surface area contributed by atoms with Crippen molar-refractivity contribution in [1.82, 2.24) is 20.9 Å². The first-order valence-electron chi connectivity index (χ1n) is 24.4. The maximum atomic E-state index is 12.6. The Bertz CT molecular complexity index is 2430. The number of amides is 3. The molecule has 68 heavy (non-hydrogen) atoms. The van der Waals surface area contributed by atoms with Gasteiger partial charge in [-0.1, -0.05) is 94.2 Å². The first-order chi connectivity index (χ1) is 32.5. The lowest BCUT2D eigenvalue weighted by Crippen LogP contribution is -2.43. The highest BCUT2D eigenvalue weighted by Gasteiger charge is 2.43. The Kier molecular flexibility index (Phi) is 20.4. The third-order valence-electron chi connectivity index (χ3n) is 12.9. The summed E-state index contributed by atoms with van der Waals surface area (Å²) in [6.07, 6.45) is 22.7. The quantitative estimate of drug-likeness (QED) is 0.0108. The Labute approximate surface area is 409 Å². The minimum absolute atomic E-state index is 0.111. The molecule has 0 bridgehead atoms. The second-order valence-electron chi connectivity index (χ2n) is 18.8. The molecule has 0 saturated carbocycles. The molecule has 3 aromatic rings. The third-order valence-corrected chi connectivity index (χ3v) is 14.7. The van der Waals surface area contributed by atoms with Gasteiger partial charge in [0.25, 0.3) is 10.1 Å². The second-order valence-corrected chi connectivity index (χ2v) is 21.5. The van der Waals surface area contributed by atoms with Crippen LogP contribution in [0, 0.1) is 6.92 Å². The number of hydrogen-bond acceptors (Lipinski definition) is 9. The van der Waals surface area contributed by atoms with Crippen molar-refractivity contribution in [3.8, 4) is 0 Å². The number of fused-ring (bicyclic) bond motifs is 2. The molecule has 0 saturated heterocycles. The summed E-state index contributed by atoms with van der Waals surface area (Å²) in [6.45, 7) is 14.3. The maximum Gasteiger partial charge on any atom is 0.321 e. The number of carbonyl (C=O) groups excluding carboxylic acids is 2. The molecule has 3 heterocycles. The number of aromatic nitrogens is 1. The number of anilines is 2. The minimum atomic E-state index is -3.99. The van der Waals surface area contributed by atoms with E-state index in [1.807, 2.05) is 13.0 Å². The number of hydrogen-bond donors (Lipinski definition) is 6. The average Bonchev–Trinajstić information content (AvgIpc) is 3.81. The molecule has 5 rings (SSSR count). The zero-order chi connectivity index (χ0) is 49.2. The zero-order valence-electron chi connectivity index (χ0n) is 41.0. The van der Waals surface area contributed by atoms with Crippen molar-refractivity contribution in [1.29, 1.82) is 0 Å². The molecular weight excluding hydrogens is 895 g/mol. The summed E-state index contributed by atoms with van der Waals surface area (Å²) in [5.74, 6) is -0.00574. The molecule has 0 spiro atoms. The van der Waals surface area contributed by atoms with Crippen LogP contribution in [0.4, 0.5) is 15.6 Å². The summed E-state index contributed by atoms with van der Waals surface area (Å²) < 4.78 is 34.4. The van der Waals surface area contributed by atoms with Crippen LogP contribution in [0.15, 0.2) is 89.6 Å². The maximum absolute atomic E-state index is 12.6. The molecule has 1 aromatic heterocycles. The van der Waals surface area contributed by atoms with Gasteiger partial charge in [-0.2, -0.15) is 8.42 Å². The van der Waals surface area contributed by atoms with Crippen molar-refractivity contribution in [2.75, 3.05) is 49.1 Å². The molecule has 3 amide bonds. The number of aliphatic imine (C=N–C) groups is 1. The van der Waals surface area contributed by atoms with E-state index in [1.165, 1.54) is 33.7 Å². The minimum Gasteiger partial charge on any atom is -0.375 e. The Hall–Kier alpha value is -5.32. The third kappa shape index (κ3) is 15.9. The monoisotopic (exact) mass is 971 g/mol. The highest BCUT2D eigenvalue weighted by atomic mass is 32.2. The summed E-state index contributed by atoms with van der Waals surface area (Å²) in [5.41, 5.74) is 19.4. The Balaban J connectivity index is 0.976. The first-order valence-corrected chi connectivity index (χ1v) is 26.9. The summed E-state index contributed by atoms with van der Waals surface area (Å²) in [7, 11) is -3.99. The second kappa shape index (κ2) is 25.9. The summed E-state index contributed by atoms with van der Waals surface area (Å²) in [4.78, 5) is 36.7. The van der Waals surface area contributed by atoms with Gasteiger partial charge in [-0.3, -0.25) is 19.7 Å². The number of carbonyl (C=O) groups is 2. The van der Waals surface area contributed by atoms with E-state index in [1.54, 1.807) is 0 Å². The van der Waals surface area contributed by atoms with E-state index in [9.17, 15) is 22.6 Å². The van der Waals surface area contributed by atoms with Gasteiger partial charge >= 0.3 is 6.03 Å². The van der Waals surface area contributed by atoms with Crippen molar-refractivity contribution < 1.29 is 27.1 Å². The number of allylic oxidation sites excluding steroid dienone is 6. The molecule has 0 atom stereocenters. The number of urea groups is 1. The van der Waals surface area contributed by atoms with E-state index in [4.69, 9.17) is 11.5 Å². The lowest BCUT2D eigenvalue weighted by molar-refractivity contribution is -0.604. The number of para-hydroxylation sites is 1. The van der Waals surface area contributed by atoms with Gasteiger partial charge in [-0.15, -0.1) is 11.3 Å². The smallest absolute Gasteiger partial charge is 0.321 e. The molecule has 2 aliphatic heterocycles. The van der Waals surface area contributed by atoms with E-state index in [2.05, 4.69) is 136 Å². The van der Waals surface area contributed by atoms with E-state index in [0.717, 1.165) is 99.1 Å². The number of nitrogens with zero attached hydrogens (tertiary/aromatic N) is 4. The van der Waals surface area contributed by atoms with E-state index in [-0.39, 0.29) is 34.6 Å². The predicted molar refractivity (Wildman–Crippen MR) is 279 cm³/mol. The molecule has 16 heteroatoms. The van der Waals surface area contributed by atoms with Crippen LogP contribution in [0.5, 0.6) is 0 Å². The SMILES string of the molecule is Cc1nc(N)sc1CCCN=C(N)NC(=O)NCCCCCCCCNC(=O)CCCCC[N+]1=C(C=CC=CC=C2N(CCCCS(=O)(=O)O)c3ccccc3C2(C)C)c2ccccc2C1(C)C. The largest absolute Gasteiger partial charge is 0.375 e. The van der Waals surface area contributed by atoms with Gasteiger partial charge < -0.3 is 27.0 Å². The molecule has 370 valence electrons. The van der Waals surface area contributed by atoms with Crippen molar-refractivity contribution in [2.24, 2.45) is 10.7 Å². The van der Waals surface area contributed by atoms with E-state index < -0.39 is 10.1 Å². The number of nitrogens with two attached hydrogens (primary N) is 2. The van der Waals surface area contributed by atoms with Crippen molar-refractivity contribution in [3.63, 3.8) is 0 Å². The molecule has 0 fully saturated rings. The van der Waals surface area contributed by atoms with Crippen LogP contribution in [-0.4, -0.2) is 84.6 Å². The summed E-state index contributed by atoms with van der Waals surface area (Å²) in [6, 6.07) is 16.7. The fourth-order valence-electron chi connectivity index (χ4n) is 9.23. The van der Waals surface area contributed by atoms with Gasteiger partial charge in [0, 0.05) is 86.2 Å². The molecule has 0 radical (unpaired) electrons. The van der Waals surface area contributed by atoms with Crippen molar-refractivity contribution >= 4 is 55.9 Å². The number of thiazole rings is 1. The number of nitrogens with one attached hydrogen (secondary N) is 3. The fourth-order valence-corrected chi connectivity index (χ4v) is 10.7. The number of rotatable bonds is 27. The number of benzene rings is 2. The van der Waals surface area contributed by atoms with E-state index in [0.29, 0.717) is 50.6 Å². The van der Waals surface area contributed by atoms with Crippen LogP contribution in [0.3, 0.4) is 0 Å². The highest BCUT2D eigenvalue weighted by molar-refractivity contribution is 7.85. The van der Waals surface area contributed by atoms with E-state index >= 15 is 0 Å². The molecule has 0 aliphatic carbocycles. The lowest BCUT2D eigenvalue weighted by Gasteiger charge is -2.27. The summed E-state index contributed by atoms with van der Waals surface area (Å²) in [5, 5.41) is 9.10. The van der Waals surface area contributed by atoms with Crippen molar-refractivity contribution in [3.05, 3.63) is 112 Å². The average molecular weight is 971 g/mol. The van der Waals surface area contributed by atoms with Gasteiger partial charge in [0.05, 0.1) is 17.0 Å².